The van der Waals surface area contributed by atoms with E-state index < -0.39 is 0 Å². The monoisotopic (exact) mass is 384 g/mol. The highest BCUT2D eigenvalue weighted by atomic mass is 16.1. The van der Waals surface area contributed by atoms with E-state index in [0.29, 0.717) is 11.6 Å². The van der Waals surface area contributed by atoms with E-state index in [4.69, 9.17) is 5.10 Å². The number of fused-ring (bicyclic) bond motifs is 2. The maximum Gasteiger partial charge on any atom is 0.255 e. The molecule has 1 fully saturated rings. The molecule has 1 aliphatic rings. The lowest BCUT2D eigenvalue weighted by atomic mass is 10.1. The van der Waals surface area contributed by atoms with Crippen LogP contribution < -0.4 is 5.32 Å². The van der Waals surface area contributed by atoms with Crippen LogP contribution in [0, 0.1) is 0 Å². The molecule has 1 amide bonds. The van der Waals surface area contributed by atoms with Crippen LogP contribution in [-0.4, -0.2) is 20.7 Å². The molecule has 5 rings (SSSR count). The fraction of sp³-hybridized carbons (Fsp3) is 0.292. The number of nitrogens with zero attached hydrogens (tertiary/aromatic N) is 3. The van der Waals surface area contributed by atoms with E-state index in [1.807, 2.05) is 48.5 Å². The lowest BCUT2D eigenvalue weighted by Gasteiger charge is -2.12. The Labute approximate surface area is 169 Å². The SMILES string of the molecule is CCc1nn(C2CCCC2)c2cc(C(=O)Nc3cccc4ncccc34)ccc12. The summed E-state index contributed by atoms with van der Waals surface area (Å²) in [7, 11) is 0. The number of rotatable bonds is 4. The maximum atomic E-state index is 13.0. The van der Waals surface area contributed by atoms with Crippen LogP contribution in [0.5, 0.6) is 0 Å². The van der Waals surface area contributed by atoms with Gasteiger partial charge in [-0.3, -0.25) is 14.5 Å². The molecule has 0 radical (unpaired) electrons. The molecular formula is C24H24N4O. The normalized spacial score (nSPS) is 14.7. The van der Waals surface area contributed by atoms with Crippen LogP contribution in [0.1, 0.15) is 54.7 Å². The van der Waals surface area contributed by atoms with Gasteiger partial charge >= 0.3 is 0 Å². The molecule has 2 aromatic heterocycles. The van der Waals surface area contributed by atoms with Crippen LogP contribution >= 0.6 is 0 Å². The van der Waals surface area contributed by atoms with Crippen LogP contribution in [-0.2, 0) is 6.42 Å². The molecule has 1 aliphatic carbocycles. The summed E-state index contributed by atoms with van der Waals surface area (Å²) in [6.45, 7) is 2.13. The first-order chi connectivity index (χ1) is 14.2. The summed E-state index contributed by atoms with van der Waals surface area (Å²) in [6, 6.07) is 16.0. The average molecular weight is 384 g/mol. The van der Waals surface area contributed by atoms with Crippen LogP contribution in [0.4, 0.5) is 5.69 Å². The highest BCUT2D eigenvalue weighted by molar-refractivity contribution is 6.10. The summed E-state index contributed by atoms with van der Waals surface area (Å²) >= 11 is 0. The van der Waals surface area contributed by atoms with E-state index in [1.165, 1.54) is 25.7 Å². The van der Waals surface area contributed by atoms with E-state index in [0.717, 1.165) is 39.6 Å². The fourth-order valence-electron chi connectivity index (χ4n) is 4.44. The molecule has 0 spiro atoms. The van der Waals surface area contributed by atoms with Gasteiger partial charge in [0, 0.05) is 22.5 Å². The lowest BCUT2D eigenvalue weighted by molar-refractivity contribution is 0.102. The summed E-state index contributed by atoms with van der Waals surface area (Å²) in [5.74, 6) is -0.111. The molecule has 5 heteroatoms. The highest BCUT2D eigenvalue weighted by Crippen LogP contribution is 2.33. The third kappa shape index (κ3) is 3.16. The van der Waals surface area contributed by atoms with Crippen LogP contribution in [0.3, 0.4) is 0 Å². The Morgan fingerprint density at radius 3 is 2.79 bits per heavy atom. The zero-order valence-corrected chi connectivity index (χ0v) is 16.6. The van der Waals surface area contributed by atoms with E-state index in [9.17, 15) is 4.79 Å². The van der Waals surface area contributed by atoms with Crippen molar-refractivity contribution in [1.82, 2.24) is 14.8 Å². The Balaban J connectivity index is 1.52. The predicted octanol–water partition coefficient (Wildman–Crippen LogP) is 5.51. The second kappa shape index (κ2) is 7.32. The number of carbonyl (C=O) groups is 1. The molecule has 1 saturated carbocycles. The van der Waals surface area contributed by atoms with Gasteiger partial charge in [0.1, 0.15) is 0 Å². The quantitative estimate of drug-likeness (QED) is 0.504. The maximum absolute atomic E-state index is 13.0. The number of aromatic nitrogens is 3. The van der Waals surface area contributed by atoms with Crippen molar-refractivity contribution in [3.8, 4) is 0 Å². The minimum atomic E-state index is -0.111. The number of aryl methyl sites for hydroxylation is 1. The summed E-state index contributed by atoms with van der Waals surface area (Å²) in [4.78, 5) is 17.4. The van der Waals surface area contributed by atoms with E-state index >= 15 is 0 Å². The second-order valence-corrected chi connectivity index (χ2v) is 7.74. The van der Waals surface area contributed by atoms with Crippen molar-refractivity contribution in [2.24, 2.45) is 0 Å². The van der Waals surface area contributed by atoms with Crippen molar-refractivity contribution in [3.63, 3.8) is 0 Å². The Morgan fingerprint density at radius 1 is 1.10 bits per heavy atom. The zero-order chi connectivity index (χ0) is 19.8. The Hall–Kier alpha value is -3.21. The summed E-state index contributed by atoms with van der Waals surface area (Å²) in [5.41, 5.74) is 4.48. The Kier molecular flexibility index (Phi) is 4.51. The van der Waals surface area contributed by atoms with Gasteiger partial charge in [-0.05, 0) is 55.7 Å². The molecule has 4 aromatic rings. The highest BCUT2D eigenvalue weighted by Gasteiger charge is 2.22. The van der Waals surface area contributed by atoms with Crippen molar-refractivity contribution in [2.75, 3.05) is 5.32 Å². The third-order valence-electron chi connectivity index (χ3n) is 5.95. The van der Waals surface area contributed by atoms with Gasteiger partial charge in [0.25, 0.3) is 5.91 Å². The Morgan fingerprint density at radius 2 is 1.97 bits per heavy atom. The van der Waals surface area contributed by atoms with Gasteiger partial charge in [0.05, 0.1) is 28.5 Å². The third-order valence-corrected chi connectivity index (χ3v) is 5.95. The zero-order valence-electron chi connectivity index (χ0n) is 16.6. The lowest BCUT2D eigenvalue weighted by Crippen LogP contribution is -2.13. The molecular weight excluding hydrogens is 360 g/mol. The van der Waals surface area contributed by atoms with Gasteiger partial charge < -0.3 is 5.32 Å². The number of carbonyl (C=O) groups excluding carboxylic acids is 1. The van der Waals surface area contributed by atoms with Crippen molar-refractivity contribution in [2.45, 2.75) is 45.1 Å². The first-order valence-electron chi connectivity index (χ1n) is 10.4. The van der Waals surface area contributed by atoms with Crippen molar-refractivity contribution < 1.29 is 4.79 Å². The standard InChI is InChI=1S/C24H24N4O/c1-2-20-19-13-12-16(15-23(19)28(27-20)17-7-3-4-8-17)24(29)26-22-11-5-10-21-18(22)9-6-14-25-21/h5-6,9-15,17H,2-4,7-8H2,1H3,(H,26,29). The molecule has 0 atom stereocenters. The van der Waals surface area contributed by atoms with Crippen LogP contribution in [0.2, 0.25) is 0 Å². The molecule has 146 valence electrons. The van der Waals surface area contributed by atoms with Gasteiger partial charge in [0.15, 0.2) is 0 Å². The number of hydrogen-bond donors (Lipinski definition) is 1. The minimum Gasteiger partial charge on any atom is -0.321 e. The topological polar surface area (TPSA) is 59.8 Å². The first kappa shape index (κ1) is 17.9. The fourth-order valence-corrected chi connectivity index (χ4v) is 4.44. The van der Waals surface area contributed by atoms with Gasteiger partial charge in [-0.2, -0.15) is 5.10 Å². The van der Waals surface area contributed by atoms with E-state index in [1.54, 1.807) is 6.20 Å². The van der Waals surface area contributed by atoms with Gasteiger partial charge in [-0.1, -0.05) is 31.9 Å². The van der Waals surface area contributed by atoms with Crippen molar-refractivity contribution in [3.05, 3.63) is 66.0 Å². The van der Waals surface area contributed by atoms with Gasteiger partial charge in [0.2, 0.25) is 0 Å². The molecule has 0 unspecified atom stereocenters. The van der Waals surface area contributed by atoms with E-state index in [2.05, 4.69) is 21.9 Å². The average Bonchev–Trinajstić information content (AvgIpc) is 3.41. The van der Waals surface area contributed by atoms with Crippen LogP contribution in [0.15, 0.2) is 54.7 Å². The summed E-state index contributed by atoms with van der Waals surface area (Å²) in [6.07, 6.45) is 7.49. The minimum absolute atomic E-state index is 0.111. The van der Waals surface area contributed by atoms with Gasteiger partial charge in [-0.15, -0.1) is 0 Å². The molecule has 0 saturated heterocycles. The number of nitrogens with one attached hydrogen (secondary N) is 1. The summed E-state index contributed by atoms with van der Waals surface area (Å²) in [5, 5.41) is 10.1. The number of benzene rings is 2. The first-order valence-corrected chi connectivity index (χ1v) is 10.4. The number of hydrogen-bond acceptors (Lipinski definition) is 3. The number of pyridine rings is 1. The van der Waals surface area contributed by atoms with Gasteiger partial charge in [-0.25, -0.2) is 0 Å². The number of amides is 1. The molecule has 1 N–H and O–H groups in total. The largest absolute Gasteiger partial charge is 0.321 e. The molecule has 2 aromatic carbocycles. The predicted molar refractivity (Wildman–Crippen MR) is 116 cm³/mol. The number of anilines is 1. The summed E-state index contributed by atoms with van der Waals surface area (Å²) < 4.78 is 2.17. The molecule has 0 aliphatic heterocycles. The van der Waals surface area contributed by atoms with Crippen molar-refractivity contribution in [1.29, 1.82) is 0 Å². The van der Waals surface area contributed by atoms with Crippen molar-refractivity contribution >= 4 is 33.4 Å². The molecule has 5 nitrogen and oxygen atoms in total. The smallest absolute Gasteiger partial charge is 0.255 e. The second-order valence-electron chi connectivity index (χ2n) is 7.74. The Bertz CT molecular complexity index is 1200. The van der Waals surface area contributed by atoms with Crippen LogP contribution in [0.25, 0.3) is 21.8 Å². The van der Waals surface area contributed by atoms with E-state index in [-0.39, 0.29) is 5.91 Å². The molecule has 29 heavy (non-hydrogen) atoms. The molecule has 0 bridgehead atoms. The molecule has 2 heterocycles.